The molecule has 43 heavy (non-hydrogen) atoms. The number of hydrogen-bond acceptors (Lipinski definition) is 0. The number of fused-ring (bicyclic) bond motifs is 10. The first-order valence-electron chi connectivity index (χ1n) is 15.4. The van der Waals surface area contributed by atoms with E-state index in [9.17, 15) is 0 Å². The highest BCUT2D eigenvalue weighted by Crippen LogP contribution is 2.54. The van der Waals surface area contributed by atoms with Crippen LogP contribution in [0.4, 0.5) is 0 Å². The second kappa shape index (κ2) is 8.36. The van der Waals surface area contributed by atoms with E-state index in [1.54, 1.807) is 0 Å². The number of aromatic nitrogens is 1. The Kier molecular flexibility index (Phi) is 4.80. The number of para-hydroxylation sites is 1. The number of nitrogens with zero attached hydrogens (tertiary/aromatic N) is 1. The van der Waals surface area contributed by atoms with Gasteiger partial charge in [-0.25, -0.2) is 0 Å². The van der Waals surface area contributed by atoms with Crippen molar-refractivity contribution in [1.82, 2.24) is 4.57 Å². The fourth-order valence-electron chi connectivity index (χ4n) is 8.41. The monoisotopic (exact) mass is 551 g/mol. The van der Waals surface area contributed by atoms with Gasteiger partial charge in [0.05, 0.1) is 11.0 Å². The third-order valence-electron chi connectivity index (χ3n) is 10.4. The van der Waals surface area contributed by atoms with Crippen LogP contribution in [0.1, 0.15) is 49.9 Å². The van der Waals surface area contributed by atoms with Crippen LogP contribution in [0.5, 0.6) is 0 Å². The maximum absolute atomic E-state index is 2.46. The van der Waals surface area contributed by atoms with Gasteiger partial charge < -0.3 is 4.57 Å². The molecule has 0 unspecified atom stereocenters. The maximum atomic E-state index is 2.46. The van der Waals surface area contributed by atoms with Crippen molar-refractivity contribution in [2.45, 2.75) is 38.5 Å². The van der Waals surface area contributed by atoms with Crippen LogP contribution >= 0.6 is 0 Å². The summed E-state index contributed by atoms with van der Waals surface area (Å²) in [5.41, 5.74) is 17.4. The van der Waals surface area contributed by atoms with Crippen LogP contribution in [0.2, 0.25) is 0 Å². The van der Waals surface area contributed by atoms with Gasteiger partial charge in [-0.1, -0.05) is 131 Å². The van der Waals surface area contributed by atoms with Gasteiger partial charge in [0.2, 0.25) is 0 Å². The molecule has 1 heteroatoms. The van der Waals surface area contributed by atoms with Crippen molar-refractivity contribution in [1.29, 1.82) is 0 Å². The standard InChI is InChI=1S/C42H33N/c1-41(2)34-18-9-6-13-31(34)38-35(41)24-25-37-39(38)32-14-7-10-19-36(32)43(37)27-22-20-26(21-23-27)28-15-11-16-30-29-12-5-8-17-33(29)42(3,4)40(28)30/h5-25H,1-4H3. The van der Waals surface area contributed by atoms with Gasteiger partial charge in [-0.15, -0.1) is 0 Å². The van der Waals surface area contributed by atoms with Crippen molar-refractivity contribution >= 4 is 21.8 Å². The lowest BCUT2D eigenvalue weighted by atomic mass is 9.79. The fraction of sp³-hybridized carbons (Fsp3) is 0.143. The zero-order valence-electron chi connectivity index (χ0n) is 25.1. The first kappa shape index (κ1) is 24.7. The summed E-state index contributed by atoms with van der Waals surface area (Å²) < 4.78 is 2.46. The van der Waals surface area contributed by atoms with E-state index < -0.39 is 0 Å². The Morgan fingerprint density at radius 2 is 1.07 bits per heavy atom. The van der Waals surface area contributed by atoms with E-state index in [1.807, 2.05) is 0 Å². The summed E-state index contributed by atoms with van der Waals surface area (Å²) in [7, 11) is 0. The smallest absolute Gasteiger partial charge is 0.0547 e. The molecule has 0 amide bonds. The molecule has 0 saturated carbocycles. The Bertz CT molecular complexity index is 2270. The highest BCUT2D eigenvalue weighted by molar-refractivity contribution is 6.17. The van der Waals surface area contributed by atoms with Crippen LogP contribution in [-0.4, -0.2) is 4.57 Å². The highest BCUT2D eigenvalue weighted by Gasteiger charge is 2.38. The maximum Gasteiger partial charge on any atom is 0.0547 e. The van der Waals surface area contributed by atoms with Gasteiger partial charge in [-0.3, -0.25) is 0 Å². The van der Waals surface area contributed by atoms with E-state index >= 15 is 0 Å². The largest absolute Gasteiger partial charge is 0.309 e. The number of hydrogen-bond donors (Lipinski definition) is 0. The molecule has 206 valence electrons. The first-order valence-corrected chi connectivity index (χ1v) is 15.4. The molecule has 1 heterocycles. The molecule has 1 nitrogen and oxygen atoms in total. The lowest BCUT2D eigenvalue weighted by Gasteiger charge is -2.24. The summed E-state index contributed by atoms with van der Waals surface area (Å²) in [5, 5.41) is 2.67. The van der Waals surface area contributed by atoms with Gasteiger partial charge >= 0.3 is 0 Å². The van der Waals surface area contributed by atoms with Crippen molar-refractivity contribution in [2.75, 3.05) is 0 Å². The molecule has 0 fully saturated rings. The fourth-order valence-corrected chi connectivity index (χ4v) is 8.41. The van der Waals surface area contributed by atoms with E-state index in [4.69, 9.17) is 0 Å². The van der Waals surface area contributed by atoms with E-state index in [-0.39, 0.29) is 10.8 Å². The lowest BCUT2D eigenvalue weighted by molar-refractivity contribution is 0.661. The Hall–Kier alpha value is -4.88. The number of benzene rings is 6. The molecular formula is C42H33N. The van der Waals surface area contributed by atoms with E-state index in [0.717, 1.165) is 0 Å². The molecule has 0 aliphatic heterocycles. The molecule has 6 aromatic carbocycles. The Labute approximate surface area is 253 Å². The van der Waals surface area contributed by atoms with E-state index in [1.165, 1.54) is 83.1 Å². The molecule has 0 bridgehead atoms. The molecule has 7 aromatic rings. The van der Waals surface area contributed by atoms with Crippen molar-refractivity contribution in [2.24, 2.45) is 0 Å². The van der Waals surface area contributed by atoms with Crippen LogP contribution in [0.15, 0.2) is 127 Å². The Morgan fingerprint density at radius 3 is 1.86 bits per heavy atom. The summed E-state index contributed by atoms with van der Waals surface area (Å²) in [4.78, 5) is 0. The molecule has 2 aliphatic rings. The van der Waals surface area contributed by atoms with Gasteiger partial charge in [-0.2, -0.15) is 0 Å². The number of rotatable bonds is 2. The Morgan fingerprint density at radius 1 is 0.442 bits per heavy atom. The molecular weight excluding hydrogens is 518 g/mol. The van der Waals surface area contributed by atoms with Gasteiger partial charge in [0, 0.05) is 27.3 Å². The highest BCUT2D eigenvalue weighted by atomic mass is 15.0. The SMILES string of the molecule is CC1(C)c2ccccc2-c2c1ccc1c2c2ccccc2n1-c1ccc(-c2cccc3c2C(C)(C)c2ccccc2-3)cc1. The van der Waals surface area contributed by atoms with Crippen molar-refractivity contribution in [3.63, 3.8) is 0 Å². The van der Waals surface area contributed by atoms with Crippen molar-refractivity contribution in [3.05, 3.63) is 150 Å². The van der Waals surface area contributed by atoms with Crippen LogP contribution in [-0.2, 0) is 10.8 Å². The van der Waals surface area contributed by atoms with Gasteiger partial charge in [0.15, 0.2) is 0 Å². The molecule has 0 atom stereocenters. The minimum Gasteiger partial charge on any atom is -0.309 e. The summed E-state index contributed by atoms with van der Waals surface area (Å²) in [6.45, 7) is 9.46. The summed E-state index contributed by atoms with van der Waals surface area (Å²) in [5.74, 6) is 0. The summed E-state index contributed by atoms with van der Waals surface area (Å²) in [6, 6.07) is 47.5. The van der Waals surface area contributed by atoms with Gasteiger partial charge in [0.1, 0.15) is 0 Å². The van der Waals surface area contributed by atoms with Crippen LogP contribution in [0.25, 0.3) is 60.9 Å². The van der Waals surface area contributed by atoms with Gasteiger partial charge in [0.25, 0.3) is 0 Å². The molecule has 0 N–H and O–H groups in total. The van der Waals surface area contributed by atoms with E-state index in [2.05, 4.69) is 160 Å². The third kappa shape index (κ3) is 3.12. The summed E-state index contributed by atoms with van der Waals surface area (Å²) >= 11 is 0. The van der Waals surface area contributed by atoms with Crippen LogP contribution in [0, 0.1) is 0 Å². The van der Waals surface area contributed by atoms with Crippen LogP contribution in [0.3, 0.4) is 0 Å². The van der Waals surface area contributed by atoms with Crippen LogP contribution < -0.4 is 0 Å². The molecule has 0 saturated heterocycles. The second-order valence-corrected chi connectivity index (χ2v) is 13.4. The topological polar surface area (TPSA) is 4.93 Å². The molecule has 0 radical (unpaired) electrons. The second-order valence-electron chi connectivity index (χ2n) is 13.4. The zero-order valence-corrected chi connectivity index (χ0v) is 25.1. The quantitative estimate of drug-likeness (QED) is 0.201. The Balaban J connectivity index is 1.24. The van der Waals surface area contributed by atoms with Gasteiger partial charge in [-0.05, 0) is 79.9 Å². The van der Waals surface area contributed by atoms with Crippen molar-refractivity contribution in [3.8, 4) is 39.1 Å². The molecule has 0 spiro atoms. The van der Waals surface area contributed by atoms with Crippen molar-refractivity contribution < 1.29 is 0 Å². The first-order chi connectivity index (χ1) is 20.9. The minimum absolute atomic E-state index is 0.0195. The predicted octanol–water partition coefficient (Wildman–Crippen LogP) is 11.1. The molecule has 9 rings (SSSR count). The zero-order chi connectivity index (χ0) is 29.1. The predicted molar refractivity (Wildman–Crippen MR) is 181 cm³/mol. The normalized spacial score (nSPS) is 15.3. The lowest BCUT2D eigenvalue weighted by Crippen LogP contribution is -2.16. The average molecular weight is 552 g/mol. The summed E-state index contributed by atoms with van der Waals surface area (Å²) in [6.07, 6.45) is 0. The molecule has 2 aliphatic carbocycles. The molecule has 1 aromatic heterocycles. The van der Waals surface area contributed by atoms with E-state index in [0.29, 0.717) is 0 Å². The minimum atomic E-state index is -0.0432. The average Bonchev–Trinajstić information content (AvgIpc) is 3.59. The third-order valence-corrected chi connectivity index (χ3v) is 10.4.